The van der Waals surface area contributed by atoms with Crippen LogP contribution in [0.1, 0.15) is 24.0 Å². The molecule has 6 heteroatoms. The minimum absolute atomic E-state index is 0.251. The number of hydrogen-bond donors (Lipinski definition) is 2. The number of methoxy groups -OCH3 is 1. The molecule has 1 fully saturated rings. The van der Waals surface area contributed by atoms with Crippen molar-refractivity contribution in [2.45, 2.75) is 26.0 Å². The quantitative estimate of drug-likeness (QED) is 0.708. The Bertz CT molecular complexity index is 751. The summed E-state index contributed by atoms with van der Waals surface area (Å²) < 4.78 is 24.7. The molecule has 0 aliphatic carbocycles. The topological polar surface area (TPSA) is 42.5 Å². The van der Waals surface area contributed by atoms with E-state index in [0.717, 1.165) is 30.8 Å². The van der Waals surface area contributed by atoms with Gasteiger partial charge < -0.3 is 20.1 Å². The van der Waals surface area contributed by atoms with E-state index in [-0.39, 0.29) is 12.4 Å². The Morgan fingerprint density at radius 1 is 1.19 bits per heavy atom. The summed E-state index contributed by atoms with van der Waals surface area (Å²) in [5.41, 5.74) is 1.76. The van der Waals surface area contributed by atoms with Crippen LogP contribution in [0.2, 0.25) is 5.02 Å². The van der Waals surface area contributed by atoms with Crippen LogP contribution in [0.5, 0.6) is 11.5 Å². The third kappa shape index (κ3) is 5.58. The average molecular weight is 393 g/mol. The zero-order chi connectivity index (χ0) is 19.1. The second-order valence-corrected chi connectivity index (χ2v) is 7.20. The third-order valence-electron chi connectivity index (χ3n) is 4.87. The van der Waals surface area contributed by atoms with Gasteiger partial charge in [-0.2, -0.15) is 0 Å². The van der Waals surface area contributed by atoms with Crippen molar-refractivity contribution >= 4 is 11.6 Å². The van der Waals surface area contributed by atoms with E-state index in [4.69, 9.17) is 21.1 Å². The summed E-state index contributed by atoms with van der Waals surface area (Å²) in [4.78, 5) is 0. The van der Waals surface area contributed by atoms with Crippen molar-refractivity contribution in [3.05, 3.63) is 58.4 Å². The van der Waals surface area contributed by atoms with Gasteiger partial charge in [-0.05, 0) is 56.6 Å². The summed E-state index contributed by atoms with van der Waals surface area (Å²) in [6, 6.07) is 10.2. The number of para-hydroxylation sites is 1. The summed E-state index contributed by atoms with van der Waals surface area (Å²) in [6.45, 7) is 4.13. The average Bonchev–Trinajstić information content (AvgIpc) is 2.68. The van der Waals surface area contributed by atoms with Gasteiger partial charge in [-0.15, -0.1) is 0 Å². The van der Waals surface area contributed by atoms with Crippen LogP contribution in [0.15, 0.2) is 36.4 Å². The van der Waals surface area contributed by atoms with E-state index in [0.29, 0.717) is 29.0 Å². The SMILES string of the molecule is COc1cccc(CNCC2CCNCC2)c1OCc1ccc(F)cc1Cl. The molecule has 0 amide bonds. The number of benzene rings is 2. The van der Waals surface area contributed by atoms with Crippen molar-refractivity contribution in [1.29, 1.82) is 0 Å². The normalized spacial score (nSPS) is 14.9. The van der Waals surface area contributed by atoms with Crippen LogP contribution >= 0.6 is 11.6 Å². The van der Waals surface area contributed by atoms with E-state index in [1.54, 1.807) is 13.2 Å². The summed E-state index contributed by atoms with van der Waals surface area (Å²) in [7, 11) is 1.62. The maximum atomic E-state index is 13.2. The van der Waals surface area contributed by atoms with Crippen molar-refractivity contribution < 1.29 is 13.9 Å². The molecule has 2 N–H and O–H groups in total. The number of hydrogen-bond acceptors (Lipinski definition) is 4. The van der Waals surface area contributed by atoms with Gasteiger partial charge in [0.15, 0.2) is 11.5 Å². The van der Waals surface area contributed by atoms with E-state index in [2.05, 4.69) is 10.6 Å². The van der Waals surface area contributed by atoms with Gasteiger partial charge in [-0.25, -0.2) is 4.39 Å². The lowest BCUT2D eigenvalue weighted by Gasteiger charge is -2.23. The Morgan fingerprint density at radius 2 is 2.00 bits per heavy atom. The maximum absolute atomic E-state index is 13.2. The molecule has 0 unspecified atom stereocenters. The van der Waals surface area contributed by atoms with Crippen molar-refractivity contribution in [1.82, 2.24) is 10.6 Å². The molecule has 27 heavy (non-hydrogen) atoms. The van der Waals surface area contributed by atoms with Crippen LogP contribution in [-0.4, -0.2) is 26.7 Å². The highest BCUT2D eigenvalue weighted by molar-refractivity contribution is 6.31. The van der Waals surface area contributed by atoms with Gasteiger partial charge in [0.25, 0.3) is 0 Å². The van der Waals surface area contributed by atoms with Crippen LogP contribution in [0.4, 0.5) is 4.39 Å². The first kappa shape index (κ1) is 19.9. The number of piperidine rings is 1. The molecule has 0 bridgehead atoms. The molecule has 3 rings (SSSR count). The Balaban J connectivity index is 1.65. The van der Waals surface area contributed by atoms with Crippen LogP contribution in [0.3, 0.4) is 0 Å². The molecule has 1 aliphatic heterocycles. The number of ether oxygens (including phenoxy) is 2. The molecule has 0 spiro atoms. The van der Waals surface area contributed by atoms with E-state index >= 15 is 0 Å². The Hall–Kier alpha value is -1.82. The Kier molecular flexibility index (Phi) is 7.33. The highest BCUT2D eigenvalue weighted by atomic mass is 35.5. The molecule has 0 atom stereocenters. The van der Waals surface area contributed by atoms with Gasteiger partial charge in [0.05, 0.1) is 12.1 Å². The Morgan fingerprint density at radius 3 is 2.74 bits per heavy atom. The zero-order valence-corrected chi connectivity index (χ0v) is 16.3. The van der Waals surface area contributed by atoms with Crippen molar-refractivity contribution in [3.63, 3.8) is 0 Å². The molecule has 4 nitrogen and oxygen atoms in total. The molecule has 0 radical (unpaired) electrons. The lowest BCUT2D eigenvalue weighted by Crippen LogP contribution is -2.33. The van der Waals surface area contributed by atoms with Gasteiger partial charge in [-0.1, -0.05) is 29.8 Å². The van der Waals surface area contributed by atoms with E-state index in [9.17, 15) is 4.39 Å². The van der Waals surface area contributed by atoms with Crippen LogP contribution < -0.4 is 20.1 Å². The van der Waals surface area contributed by atoms with Crippen LogP contribution in [0, 0.1) is 11.7 Å². The molecule has 1 heterocycles. The van der Waals surface area contributed by atoms with Gasteiger partial charge in [0.1, 0.15) is 12.4 Å². The molecule has 2 aromatic rings. The third-order valence-corrected chi connectivity index (χ3v) is 5.23. The molecule has 2 aromatic carbocycles. The van der Waals surface area contributed by atoms with Crippen molar-refractivity contribution in [2.24, 2.45) is 5.92 Å². The molecule has 146 valence electrons. The number of nitrogens with one attached hydrogen (secondary N) is 2. The monoisotopic (exact) mass is 392 g/mol. The fourth-order valence-electron chi connectivity index (χ4n) is 3.31. The first-order valence-corrected chi connectivity index (χ1v) is 9.69. The van der Waals surface area contributed by atoms with E-state index in [1.807, 2.05) is 18.2 Å². The standard InChI is InChI=1S/C21H26ClFN2O2/c1-26-20-4-2-3-16(13-25-12-15-7-9-24-10-8-15)21(20)27-14-17-5-6-18(23)11-19(17)22/h2-6,11,15,24-25H,7-10,12-14H2,1H3. The molecular weight excluding hydrogens is 367 g/mol. The zero-order valence-electron chi connectivity index (χ0n) is 15.6. The molecule has 0 aromatic heterocycles. The first-order chi connectivity index (χ1) is 13.2. The fraction of sp³-hybridized carbons (Fsp3) is 0.429. The second kappa shape index (κ2) is 9.93. The fourth-order valence-corrected chi connectivity index (χ4v) is 3.53. The molecule has 1 saturated heterocycles. The number of rotatable bonds is 8. The molecule has 1 aliphatic rings. The second-order valence-electron chi connectivity index (χ2n) is 6.80. The van der Waals surface area contributed by atoms with Gasteiger partial charge in [0.2, 0.25) is 0 Å². The minimum Gasteiger partial charge on any atom is -0.493 e. The maximum Gasteiger partial charge on any atom is 0.166 e. The van der Waals surface area contributed by atoms with E-state index in [1.165, 1.54) is 25.0 Å². The Labute approximate surface area is 165 Å². The minimum atomic E-state index is -0.358. The summed E-state index contributed by atoms with van der Waals surface area (Å²) >= 11 is 6.11. The lowest BCUT2D eigenvalue weighted by molar-refractivity contribution is 0.280. The van der Waals surface area contributed by atoms with Gasteiger partial charge in [0, 0.05) is 17.7 Å². The summed E-state index contributed by atoms with van der Waals surface area (Å²) in [6.07, 6.45) is 2.41. The van der Waals surface area contributed by atoms with Gasteiger partial charge in [-0.3, -0.25) is 0 Å². The summed E-state index contributed by atoms with van der Waals surface area (Å²) in [5.74, 6) is 1.72. The first-order valence-electron chi connectivity index (χ1n) is 9.31. The number of halogens is 2. The van der Waals surface area contributed by atoms with Crippen LogP contribution in [-0.2, 0) is 13.2 Å². The lowest BCUT2D eigenvalue weighted by atomic mass is 9.98. The smallest absolute Gasteiger partial charge is 0.166 e. The van der Waals surface area contributed by atoms with E-state index < -0.39 is 0 Å². The highest BCUT2D eigenvalue weighted by Crippen LogP contribution is 2.32. The highest BCUT2D eigenvalue weighted by Gasteiger charge is 2.15. The van der Waals surface area contributed by atoms with Crippen molar-refractivity contribution in [3.8, 4) is 11.5 Å². The predicted molar refractivity (Wildman–Crippen MR) is 106 cm³/mol. The predicted octanol–water partition coefficient (Wildman–Crippen LogP) is 4.16. The van der Waals surface area contributed by atoms with Gasteiger partial charge >= 0.3 is 0 Å². The van der Waals surface area contributed by atoms with Crippen LogP contribution in [0.25, 0.3) is 0 Å². The largest absolute Gasteiger partial charge is 0.493 e. The summed E-state index contributed by atoms with van der Waals surface area (Å²) in [5, 5.41) is 7.29. The molecule has 0 saturated carbocycles. The molecular formula is C21H26ClFN2O2. The van der Waals surface area contributed by atoms with Crippen molar-refractivity contribution in [2.75, 3.05) is 26.7 Å².